The molecule has 0 aliphatic heterocycles. The molecule has 0 spiro atoms. The molecule has 0 amide bonds. The van der Waals surface area contributed by atoms with E-state index in [1.165, 1.54) is 0 Å². The van der Waals surface area contributed by atoms with Crippen molar-refractivity contribution in [1.82, 2.24) is 4.57 Å². The van der Waals surface area contributed by atoms with Gasteiger partial charge in [0.25, 0.3) is 0 Å². The Balaban J connectivity index is 2.56. The second-order valence-corrected chi connectivity index (χ2v) is 5.60. The maximum atomic E-state index is 12.0. The van der Waals surface area contributed by atoms with Crippen LogP contribution in [0.15, 0.2) is 6.07 Å². The molecule has 96 valence electrons. The number of Topliss-reactive ketones (excluding diaryl/α,β-unsaturated/α-hetero) is 1. The number of hydrogen-bond acceptors (Lipinski definition) is 3. The number of aromatic nitrogens is 1. The molecule has 4 heteroatoms. The lowest BCUT2D eigenvalue weighted by atomic mass is 10.2. The van der Waals surface area contributed by atoms with E-state index in [9.17, 15) is 4.79 Å². The van der Waals surface area contributed by atoms with Gasteiger partial charge in [-0.15, -0.1) is 0 Å². The van der Waals surface area contributed by atoms with Crippen LogP contribution >= 0.6 is 11.8 Å². The summed E-state index contributed by atoms with van der Waals surface area (Å²) in [6.45, 7) is 6.14. The Morgan fingerprint density at radius 3 is 2.65 bits per heavy atom. The third kappa shape index (κ3) is 3.61. The van der Waals surface area contributed by atoms with Gasteiger partial charge in [-0.25, -0.2) is 0 Å². The predicted molar refractivity (Wildman–Crippen MR) is 72.8 cm³/mol. The maximum absolute atomic E-state index is 12.0. The Morgan fingerprint density at radius 2 is 2.18 bits per heavy atom. The third-order valence-corrected chi connectivity index (χ3v) is 4.29. The summed E-state index contributed by atoms with van der Waals surface area (Å²) in [6.07, 6.45) is 0. The highest BCUT2D eigenvalue weighted by molar-refractivity contribution is 7.99. The highest BCUT2D eigenvalue weighted by Crippen LogP contribution is 2.17. The van der Waals surface area contributed by atoms with Gasteiger partial charge in [-0.3, -0.25) is 4.79 Å². The van der Waals surface area contributed by atoms with Gasteiger partial charge in [-0.2, -0.15) is 11.8 Å². The van der Waals surface area contributed by atoms with Gasteiger partial charge in [-0.05, 0) is 31.6 Å². The minimum atomic E-state index is 0.182. The molecule has 1 atom stereocenters. The molecule has 0 bridgehead atoms. The summed E-state index contributed by atoms with van der Waals surface area (Å²) in [7, 11) is 1.97. The van der Waals surface area contributed by atoms with Crippen molar-refractivity contribution in [3.8, 4) is 0 Å². The first-order valence-electron chi connectivity index (χ1n) is 5.82. The van der Waals surface area contributed by atoms with Gasteiger partial charge < -0.3 is 9.67 Å². The Hall–Kier alpha value is -0.740. The molecule has 1 unspecified atom stereocenters. The number of thioether (sulfide) groups is 1. The van der Waals surface area contributed by atoms with E-state index in [0.29, 0.717) is 5.75 Å². The van der Waals surface area contributed by atoms with Crippen LogP contribution in [0.3, 0.4) is 0 Å². The van der Waals surface area contributed by atoms with Gasteiger partial charge in [0.2, 0.25) is 0 Å². The number of ketones is 1. The van der Waals surface area contributed by atoms with Gasteiger partial charge in [0.05, 0.1) is 5.75 Å². The zero-order valence-electron chi connectivity index (χ0n) is 11.0. The quantitative estimate of drug-likeness (QED) is 0.792. The second kappa shape index (κ2) is 6.26. The topological polar surface area (TPSA) is 42.2 Å². The zero-order chi connectivity index (χ0) is 13.0. The Kier molecular flexibility index (Phi) is 5.28. The van der Waals surface area contributed by atoms with E-state index in [1.807, 2.05) is 38.5 Å². The first kappa shape index (κ1) is 14.3. The maximum Gasteiger partial charge on any atom is 0.174 e. The highest BCUT2D eigenvalue weighted by Gasteiger charge is 2.14. The number of rotatable bonds is 6. The summed E-state index contributed by atoms with van der Waals surface area (Å²) in [4.78, 5) is 12.0. The number of nitrogens with zero attached hydrogens (tertiary/aromatic N) is 1. The first-order chi connectivity index (χ1) is 7.97. The van der Waals surface area contributed by atoms with Gasteiger partial charge in [0, 0.05) is 30.6 Å². The SMILES string of the molecule is Cc1cc(C(=O)CSCC(C)CO)c(C)n1C. The van der Waals surface area contributed by atoms with Crippen LogP contribution in [0.2, 0.25) is 0 Å². The average molecular weight is 255 g/mol. The van der Waals surface area contributed by atoms with Crippen LogP contribution in [0.4, 0.5) is 0 Å². The first-order valence-corrected chi connectivity index (χ1v) is 6.97. The largest absolute Gasteiger partial charge is 0.396 e. The molecule has 1 aromatic rings. The van der Waals surface area contributed by atoms with E-state index in [4.69, 9.17) is 5.11 Å². The normalized spacial score (nSPS) is 12.8. The molecule has 1 N–H and O–H groups in total. The molecule has 17 heavy (non-hydrogen) atoms. The lowest BCUT2D eigenvalue weighted by molar-refractivity contribution is 0.102. The van der Waals surface area contributed by atoms with Crippen molar-refractivity contribution in [2.75, 3.05) is 18.1 Å². The van der Waals surface area contributed by atoms with Crippen LogP contribution in [0.1, 0.15) is 28.7 Å². The molecule has 1 heterocycles. The van der Waals surface area contributed by atoms with Crippen LogP contribution in [0, 0.1) is 19.8 Å². The van der Waals surface area contributed by atoms with E-state index in [2.05, 4.69) is 0 Å². The van der Waals surface area contributed by atoms with Crippen LogP contribution < -0.4 is 0 Å². The number of carbonyl (C=O) groups excluding carboxylic acids is 1. The fourth-order valence-electron chi connectivity index (χ4n) is 1.62. The van der Waals surface area contributed by atoms with Crippen molar-refractivity contribution >= 4 is 17.5 Å². The fraction of sp³-hybridized carbons (Fsp3) is 0.615. The summed E-state index contributed by atoms with van der Waals surface area (Å²) in [6, 6.07) is 1.95. The molecule has 0 aliphatic carbocycles. The molecular weight excluding hydrogens is 234 g/mol. The van der Waals surface area contributed by atoms with E-state index in [1.54, 1.807) is 11.8 Å². The summed E-state index contributed by atoms with van der Waals surface area (Å²) >= 11 is 1.59. The number of carbonyl (C=O) groups is 1. The van der Waals surface area contributed by atoms with E-state index in [0.717, 1.165) is 22.7 Å². The smallest absolute Gasteiger partial charge is 0.174 e. The van der Waals surface area contributed by atoms with Crippen molar-refractivity contribution in [2.45, 2.75) is 20.8 Å². The molecule has 0 aromatic carbocycles. The molecule has 0 saturated heterocycles. The Morgan fingerprint density at radius 1 is 1.53 bits per heavy atom. The fourth-order valence-corrected chi connectivity index (χ4v) is 2.59. The van der Waals surface area contributed by atoms with Crippen molar-refractivity contribution in [1.29, 1.82) is 0 Å². The van der Waals surface area contributed by atoms with E-state index < -0.39 is 0 Å². The van der Waals surface area contributed by atoms with Gasteiger partial charge >= 0.3 is 0 Å². The summed E-state index contributed by atoms with van der Waals surface area (Å²) < 4.78 is 2.04. The van der Waals surface area contributed by atoms with Gasteiger partial charge in [0.15, 0.2) is 5.78 Å². The van der Waals surface area contributed by atoms with Crippen LogP contribution in [-0.2, 0) is 7.05 Å². The molecule has 1 aromatic heterocycles. The zero-order valence-corrected chi connectivity index (χ0v) is 11.8. The number of aryl methyl sites for hydroxylation is 1. The molecule has 3 nitrogen and oxygen atoms in total. The number of aliphatic hydroxyl groups is 1. The summed E-state index contributed by atoms with van der Waals surface area (Å²) in [5.74, 6) is 1.76. The summed E-state index contributed by atoms with van der Waals surface area (Å²) in [5, 5.41) is 8.90. The summed E-state index contributed by atoms with van der Waals surface area (Å²) in [5.41, 5.74) is 2.97. The van der Waals surface area contributed by atoms with Gasteiger partial charge in [-0.1, -0.05) is 6.92 Å². The standard InChI is InChI=1S/C13H21NO2S/c1-9(6-15)7-17-8-13(16)12-5-10(2)14(4)11(12)3/h5,9,15H,6-8H2,1-4H3. The number of hydrogen-bond donors (Lipinski definition) is 1. The van der Waals surface area contributed by atoms with E-state index in [-0.39, 0.29) is 18.3 Å². The lowest BCUT2D eigenvalue weighted by Crippen LogP contribution is -2.09. The monoisotopic (exact) mass is 255 g/mol. The molecule has 0 aliphatic rings. The Bertz CT molecular complexity index is 398. The third-order valence-electron chi connectivity index (χ3n) is 3.02. The Labute approximate surface area is 107 Å². The van der Waals surface area contributed by atoms with Crippen molar-refractivity contribution in [3.05, 3.63) is 23.0 Å². The molecule has 0 fully saturated rings. The van der Waals surface area contributed by atoms with Crippen LogP contribution in [0.25, 0.3) is 0 Å². The molecule has 1 rings (SSSR count). The lowest BCUT2D eigenvalue weighted by Gasteiger charge is -2.06. The van der Waals surface area contributed by atoms with Crippen LogP contribution in [0.5, 0.6) is 0 Å². The molecule has 0 saturated carbocycles. The minimum Gasteiger partial charge on any atom is -0.396 e. The van der Waals surface area contributed by atoms with Crippen molar-refractivity contribution in [3.63, 3.8) is 0 Å². The average Bonchev–Trinajstić information content (AvgIpc) is 2.56. The van der Waals surface area contributed by atoms with Crippen LogP contribution in [-0.4, -0.2) is 33.6 Å². The minimum absolute atomic E-state index is 0.182. The van der Waals surface area contributed by atoms with Crippen molar-refractivity contribution < 1.29 is 9.90 Å². The second-order valence-electron chi connectivity index (χ2n) is 4.57. The van der Waals surface area contributed by atoms with Gasteiger partial charge in [0.1, 0.15) is 0 Å². The predicted octanol–water partition coefficient (Wildman–Crippen LogP) is 2.19. The molecule has 0 radical (unpaired) electrons. The van der Waals surface area contributed by atoms with E-state index >= 15 is 0 Å². The number of aliphatic hydroxyl groups excluding tert-OH is 1. The molecular formula is C13H21NO2S. The highest BCUT2D eigenvalue weighted by atomic mass is 32.2. The van der Waals surface area contributed by atoms with Crippen molar-refractivity contribution in [2.24, 2.45) is 13.0 Å².